The van der Waals surface area contributed by atoms with Crippen LogP contribution in [0.25, 0.3) is 0 Å². The molecule has 0 aliphatic carbocycles. The molecule has 0 bridgehead atoms. The van der Waals surface area contributed by atoms with Gasteiger partial charge in [0.2, 0.25) is 5.91 Å². The summed E-state index contributed by atoms with van der Waals surface area (Å²) < 4.78 is 9.54. The molecule has 1 rings (SSSR count). The fraction of sp³-hybridized carbons (Fsp3) is 0.429. The third-order valence-electron chi connectivity index (χ3n) is 2.72. The van der Waals surface area contributed by atoms with Gasteiger partial charge in [-0.05, 0) is 24.1 Å². The van der Waals surface area contributed by atoms with Gasteiger partial charge < -0.3 is 14.8 Å². The van der Waals surface area contributed by atoms with Gasteiger partial charge in [0.1, 0.15) is 11.1 Å². The molecule has 0 fully saturated rings. The lowest BCUT2D eigenvalue weighted by Gasteiger charge is -2.11. The van der Waals surface area contributed by atoms with Gasteiger partial charge in [-0.15, -0.1) is 11.6 Å². The molecule has 1 unspecified atom stereocenters. The number of alkyl halides is 1. The Kier molecular flexibility index (Phi) is 6.87. The van der Waals surface area contributed by atoms with Gasteiger partial charge >= 0.3 is 5.97 Å². The maximum atomic E-state index is 11.8. The molecule has 0 heterocycles. The van der Waals surface area contributed by atoms with Crippen LogP contribution in [0.5, 0.6) is 5.75 Å². The van der Waals surface area contributed by atoms with Crippen molar-refractivity contribution in [1.82, 2.24) is 5.32 Å². The fourth-order valence-electron chi connectivity index (χ4n) is 1.56. The fourth-order valence-corrected chi connectivity index (χ4v) is 1.78. The van der Waals surface area contributed by atoms with E-state index in [-0.39, 0.29) is 18.3 Å². The number of hydrogen-bond acceptors (Lipinski definition) is 4. The van der Waals surface area contributed by atoms with Gasteiger partial charge in [-0.1, -0.05) is 12.1 Å². The summed E-state index contributed by atoms with van der Waals surface area (Å²) >= 11 is 6.08. The zero-order valence-electron chi connectivity index (χ0n) is 11.5. The monoisotopic (exact) mass is 299 g/mol. The Bertz CT molecular complexity index is 447. The summed E-state index contributed by atoms with van der Waals surface area (Å²) in [4.78, 5) is 22.7. The van der Waals surface area contributed by atoms with E-state index < -0.39 is 5.38 Å². The Morgan fingerprint density at radius 1 is 1.25 bits per heavy atom. The van der Waals surface area contributed by atoms with E-state index in [1.165, 1.54) is 7.11 Å². The average Bonchev–Trinajstić information content (AvgIpc) is 2.50. The number of amides is 1. The van der Waals surface area contributed by atoms with Crippen molar-refractivity contribution in [2.24, 2.45) is 0 Å². The van der Waals surface area contributed by atoms with E-state index >= 15 is 0 Å². The summed E-state index contributed by atoms with van der Waals surface area (Å²) in [6.07, 6.45) is 0.789. The number of carbonyl (C=O) groups excluding carboxylic acids is 2. The van der Waals surface area contributed by atoms with Crippen LogP contribution in [0.2, 0.25) is 0 Å². The number of hydrogen-bond donors (Lipinski definition) is 1. The van der Waals surface area contributed by atoms with Gasteiger partial charge in [0, 0.05) is 13.0 Å². The van der Waals surface area contributed by atoms with Crippen molar-refractivity contribution >= 4 is 23.5 Å². The first kappa shape index (κ1) is 16.3. The minimum Gasteiger partial charge on any atom is -0.497 e. The van der Waals surface area contributed by atoms with Crippen molar-refractivity contribution in [2.75, 3.05) is 20.8 Å². The number of nitrogens with one attached hydrogen (secondary N) is 1. The number of esters is 1. The highest BCUT2D eigenvalue weighted by Gasteiger charge is 2.17. The van der Waals surface area contributed by atoms with Crippen molar-refractivity contribution in [2.45, 2.75) is 18.2 Å². The SMILES string of the molecule is COC(=O)CCCNC(=O)C(Cl)c1ccc(OC)cc1. The summed E-state index contributed by atoms with van der Waals surface area (Å²) in [5, 5.41) is 1.91. The van der Waals surface area contributed by atoms with Crippen LogP contribution in [-0.4, -0.2) is 32.6 Å². The van der Waals surface area contributed by atoms with Crippen LogP contribution >= 0.6 is 11.6 Å². The maximum absolute atomic E-state index is 11.8. The molecule has 0 saturated heterocycles. The molecule has 0 spiro atoms. The second kappa shape index (κ2) is 8.43. The topological polar surface area (TPSA) is 64.6 Å². The largest absolute Gasteiger partial charge is 0.497 e. The third-order valence-corrected chi connectivity index (χ3v) is 3.17. The Labute approximate surface area is 123 Å². The van der Waals surface area contributed by atoms with Gasteiger partial charge in [0.05, 0.1) is 14.2 Å². The van der Waals surface area contributed by atoms with Crippen molar-refractivity contribution in [3.8, 4) is 5.75 Å². The second-order valence-corrected chi connectivity index (χ2v) is 4.54. The molecule has 110 valence electrons. The summed E-state index contributed by atoms with van der Waals surface area (Å²) in [5.41, 5.74) is 0.693. The van der Waals surface area contributed by atoms with E-state index in [9.17, 15) is 9.59 Å². The highest BCUT2D eigenvalue weighted by molar-refractivity contribution is 6.30. The third kappa shape index (κ3) is 5.09. The molecule has 5 nitrogen and oxygen atoms in total. The summed E-state index contributed by atoms with van der Waals surface area (Å²) in [6, 6.07) is 6.97. The van der Waals surface area contributed by atoms with Crippen LogP contribution in [-0.2, 0) is 14.3 Å². The van der Waals surface area contributed by atoms with Crippen LogP contribution in [0.1, 0.15) is 23.8 Å². The first-order valence-corrected chi connectivity index (χ1v) is 6.64. The predicted molar refractivity (Wildman–Crippen MR) is 75.8 cm³/mol. The molecular weight excluding hydrogens is 282 g/mol. The first-order chi connectivity index (χ1) is 9.58. The zero-order valence-corrected chi connectivity index (χ0v) is 12.3. The van der Waals surface area contributed by atoms with Gasteiger partial charge in [0.15, 0.2) is 0 Å². The molecule has 1 amide bonds. The lowest BCUT2D eigenvalue weighted by Crippen LogP contribution is -2.28. The number of halogens is 1. The molecular formula is C14H18ClNO4. The lowest BCUT2D eigenvalue weighted by molar-refractivity contribution is -0.140. The Hall–Kier alpha value is -1.75. The van der Waals surface area contributed by atoms with E-state index in [0.717, 1.165) is 0 Å². The molecule has 0 aliphatic rings. The highest BCUT2D eigenvalue weighted by Crippen LogP contribution is 2.22. The van der Waals surface area contributed by atoms with Crippen molar-refractivity contribution in [3.05, 3.63) is 29.8 Å². The molecule has 20 heavy (non-hydrogen) atoms. The van der Waals surface area contributed by atoms with Gasteiger partial charge in [-0.3, -0.25) is 9.59 Å². The average molecular weight is 300 g/mol. The second-order valence-electron chi connectivity index (χ2n) is 4.11. The van der Waals surface area contributed by atoms with E-state index in [1.54, 1.807) is 31.4 Å². The van der Waals surface area contributed by atoms with Crippen molar-refractivity contribution < 1.29 is 19.1 Å². The lowest BCUT2D eigenvalue weighted by atomic mass is 10.1. The van der Waals surface area contributed by atoms with E-state index in [1.807, 2.05) is 0 Å². The highest BCUT2D eigenvalue weighted by atomic mass is 35.5. The zero-order chi connectivity index (χ0) is 15.0. The normalized spacial score (nSPS) is 11.6. The first-order valence-electron chi connectivity index (χ1n) is 6.21. The van der Waals surface area contributed by atoms with E-state index in [0.29, 0.717) is 24.3 Å². The molecule has 6 heteroatoms. The van der Waals surface area contributed by atoms with Crippen LogP contribution in [0.15, 0.2) is 24.3 Å². The minimum atomic E-state index is -0.765. The molecule has 1 N–H and O–H groups in total. The summed E-state index contributed by atoms with van der Waals surface area (Å²) in [5.74, 6) is 0.120. The molecule has 1 atom stereocenters. The maximum Gasteiger partial charge on any atom is 0.305 e. The molecule has 1 aromatic carbocycles. The Morgan fingerprint density at radius 3 is 2.45 bits per heavy atom. The summed E-state index contributed by atoms with van der Waals surface area (Å²) in [7, 11) is 2.90. The van der Waals surface area contributed by atoms with Gasteiger partial charge in [0.25, 0.3) is 0 Å². The standard InChI is InChI=1S/C14H18ClNO4/c1-19-11-7-5-10(6-8-11)13(15)14(18)16-9-3-4-12(17)20-2/h5-8,13H,3-4,9H2,1-2H3,(H,16,18). The molecule has 0 radical (unpaired) electrons. The predicted octanol–water partition coefficient (Wildman–Crippen LogP) is 2.04. The molecule has 1 aromatic rings. The Balaban J connectivity index is 2.40. The number of benzene rings is 1. The molecule has 0 saturated carbocycles. The van der Waals surface area contributed by atoms with Crippen LogP contribution < -0.4 is 10.1 Å². The number of ether oxygens (including phenoxy) is 2. The number of carbonyl (C=O) groups is 2. The summed E-state index contributed by atoms with van der Waals surface area (Å²) in [6.45, 7) is 0.382. The smallest absolute Gasteiger partial charge is 0.305 e. The molecule has 0 aliphatic heterocycles. The van der Waals surface area contributed by atoms with Crippen molar-refractivity contribution in [1.29, 1.82) is 0 Å². The van der Waals surface area contributed by atoms with Gasteiger partial charge in [-0.25, -0.2) is 0 Å². The Morgan fingerprint density at radius 2 is 1.90 bits per heavy atom. The van der Waals surface area contributed by atoms with Crippen LogP contribution in [0.3, 0.4) is 0 Å². The quantitative estimate of drug-likeness (QED) is 0.475. The van der Waals surface area contributed by atoms with Gasteiger partial charge in [-0.2, -0.15) is 0 Å². The van der Waals surface area contributed by atoms with E-state index in [2.05, 4.69) is 10.1 Å². The number of rotatable bonds is 7. The minimum absolute atomic E-state index is 0.270. The number of methoxy groups -OCH3 is 2. The van der Waals surface area contributed by atoms with Crippen molar-refractivity contribution in [3.63, 3.8) is 0 Å². The van der Waals surface area contributed by atoms with Crippen LogP contribution in [0.4, 0.5) is 0 Å². The molecule has 0 aromatic heterocycles. The van der Waals surface area contributed by atoms with E-state index in [4.69, 9.17) is 16.3 Å². The van der Waals surface area contributed by atoms with Crippen LogP contribution in [0, 0.1) is 0 Å².